The Hall–Kier alpha value is -2.69. The summed E-state index contributed by atoms with van der Waals surface area (Å²) in [6.45, 7) is 2.39. The number of benzene rings is 1. The molecule has 1 N–H and O–H groups in total. The zero-order valence-corrected chi connectivity index (χ0v) is 11.4. The van der Waals surface area contributed by atoms with E-state index >= 15 is 0 Å². The Morgan fingerprint density at radius 2 is 2.00 bits per heavy atom. The summed E-state index contributed by atoms with van der Waals surface area (Å²) in [6, 6.07) is 6.47. The Morgan fingerprint density at radius 1 is 1.33 bits per heavy atom. The number of carbonyl (C=O) groups excluding carboxylic acids is 1. The molecular weight excluding hydrogens is 273 g/mol. The number of carbonyl (C=O) groups is 1. The summed E-state index contributed by atoms with van der Waals surface area (Å²) in [5.74, 6) is -1.04. The van der Waals surface area contributed by atoms with E-state index in [0.717, 1.165) is 0 Å². The third-order valence-electron chi connectivity index (χ3n) is 3.02. The van der Waals surface area contributed by atoms with Gasteiger partial charge in [0, 0.05) is 23.9 Å². The molecule has 1 heterocycles. The van der Waals surface area contributed by atoms with Crippen molar-refractivity contribution in [3.05, 3.63) is 69.9 Å². The predicted octanol–water partition coefficient (Wildman–Crippen LogP) is 2.61. The smallest absolute Gasteiger partial charge is 0.223 e. The van der Waals surface area contributed by atoms with Gasteiger partial charge in [-0.3, -0.25) is 9.59 Å². The van der Waals surface area contributed by atoms with Crippen LogP contribution in [0.25, 0.3) is 6.08 Å². The van der Waals surface area contributed by atoms with Crippen LogP contribution >= 0.6 is 0 Å². The monoisotopic (exact) mass is 287 g/mol. The first-order valence-corrected chi connectivity index (χ1v) is 6.42. The lowest BCUT2D eigenvalue weighted by Gasteiger charge is -2.07. The van der Waals surface area contributed by atoms with Crippen molar-refractivity contribution in [1.82, 2.24) is 4.57 Å². The maximum absolute atomic E-state index is 12.8. The molecule has 21 heavy (non-hydrogen) atoms. The number of pyridine rings is 1. The van der Waals surface area contributed by atoms with E-state index in [1.807, 2.05) is 6.92 Å². The largest absolute Gasteiger partial charge is 0.503 e. The molecule has 0 aliphatic rings. The highest BCUT2D eigenvalue weighted by Gasteiger charge is 2.04. The maximum Gasteiger partial charge on any atom is 0.223 e. The Balaban J connectivity index is 2.29. The Kier molecular flexibility index (Phi) is 4.33. The number of allylic oxidation sites excluding steroid dienone is 1. The summed E-state index contributed by atoms with van der Waals surface area (Å²) >= 11 is 0. The SMILES string of the molecule is CCn1cc(O)c(=O)cc1C=CC(=O)c1ccc(F)cc1. The van der Waals surface area contributed by atoms with Gasteiger partial charge < -0.3 is 9.67 Å². The average molecular weight is 287 g/mol. The molecule has 1 aromatic carbocycles. The topological polar surface area (TPSA) is 59.3 Å². The number of nitrogens with zero attached hydrogens (tertiary/aromatic N) is 1. The second kappa shape index (κ2) is 6.17. The molecule has 0 aliphatic carbocycles. The van der Waals surface area contributed by atoms with Crippen LogP contribution in [0.3, 0.4) is 0 Å². The standard InChI is InChI=1S/C16H14FNO3/c1-2-18-10-16(21)15(20)9-13(18)7-8-14(19)11-3-5-12(17)6-4-11/h3-10,21H,2H2,1H3. The van der Waals surface area contributed by atoms with Gasteiger partial charge >= 0.3 is 0 Å². The van der Waals surface area contributed by atoms with E-state index in [1.165, 1.54) is 48.7 Å². The van der Waals surface area contributed by atoms with Crippen molar-refractivity contribution in [1.29, 1.82) is 0 Å². The lowest BCUT2D eigenvalue weighted by molar-refractivity contribution is 0.104. The molecule has 0 atom stereocenters. The summed E-state index contributed by atoms with van der Waals surface area (Å²) in [4.78, 5) is 23.4. The van der Waals surface area contributed by atoms with E-state index in [-0.39, 0.29) is 11.5 Å². The number of halogens is 1. The Labute approximate surface area is 120 Å². The van der Waals surface area contributed by atoms with Crippen molar-refractivity contribution in [2.24, 2.45) is 0 Å². The van der Waals surface area contributed by atoms with Crippen LogP contribution in [-0.2, 0) is 6.54 Å². The summed E-state index contributed by atoms with van der Waals surface area (Å²) < 4.78 is 14.4. The van der Waals surface area contributed by atoms with E-state index in [4.69, 9.17) is 0 Å². The second-order valence-corrected chi connectivity index (χ2v) is 4.44. The number of aromatic nitrogens is 1. The van der Waals surface area contributed by atoms with E-state index in [0.29, 0.717) is 17.8 Å². The molecule has 0 unspecified atom stereocenters. The van der Waals surface area contributed by atoms with Crippen molar-refractivity contribution >= 4 is 11.9 Å². The minimum absolute atomic E-state index is 0.293. The fourth-order valence-electron chi connectivity index (χ4n) is 1.87. The maximum atomic E-state index is 12.8. The molecular formula is C16H14FNO3. The van der Waals surface area contributed by atoms with Crippen molar-refractivity contribution < 1.29 is 14.3 Å². The molecule has 0 saturated carbocycles. The van der Waals surface area contributed by atoms with Gasteiger partial charge in [0.2, 0.25) is 5.43 Å². The Morgan fingerprint density at radius 3 is 2.62 bits per heavy atom. The molecule has 0 aliphatic heterocycles. The van der Waals surface area contributed by atoms with Gasteiger partial charge in [0.05, 0.1) is 6.20 Å². The molecule has 0 amide bonds. The molecule has 2 rings (SSSR count). The van der Waals surface area contributed by atoms with Crippen molar-refractivity contribution in [3.63, 3.8) is 0 Å². The van der Waals surface area contributed by atoms with Crippen LogP contribution in [0.5, 0.6) is 5.75 Å². The van der Waals surface area contributed by atoms with Gasteiger partial charge in [0.15, 0.2) is 11.5 Å². The van der Waals surface area contributed by atoms with Crippen LogP contribution in [0.1, 0.15) is 23.0 Å². The fraction of sp³-hybridized carbons (Fsp3) is 0.125. The summed E-state index contributed by atoms with van der Waals surface area (Å²) in [5, 5.41) is 9.38. The minimum atomic E-state index is -0.506. The molecule has 0 fully saturated rings. The van der Waals surface area contributed by atoms with Crippen molar-refractivity contribution in [3.8, 4) is 5.75 Å². The molecule has 4 nitrogen and oxygen atoms in total. The zero-order valence-electron chi connectivity index (χ0n) is 11.4. The second-order valence-electron chi connectivity index (χ2n) is 4.44. The molecule has 0 radical (unpaired) electrons. The van der Waals surface area contributed by atoms with Crippen molar-refractivity contribution in [2.75, 3.05) is 0 Å². The fourth-order valence-corrected chi connectivity index (χ4v) is 1.87. The predicted molar refractivity (Wildman–Crippen MR) is 77.8 cm³/mol. The first-order chi connectivity index (χ1) is 10.0. The van der Waals surface area contributed by atoms with Crippen LogP contribution in [-0.4, -0.2) is 15.5 Å². The zero-order chi connectivity index (χ0) is 15.4. The summed E-state index contributed by atoms with van der Waals surface area (Å²) in [5.41, 5.74) is 0.362. The molecule has 0 bridgehead atoms. The van der Waals surface area contributed by atoms with Crippen LogP contribution in [0.4, 0.5) is 4.39 Å². The molecule has 0 spiro atoms. The third-order valence-corrected chi connectivity index (χ3v) is 3.02. The lowest BCUT2D eigenvalue weighted by atomic mass is 10.1. The highest BCUT2D eigenvalue weighted by molar-refractivity contribution is 6.06. The normalized spacial score (nSPS) is 11.0. The van der Waals surface area contributed by atoms with Gasteiger partial charge in [-0.2, -0.15) is 0 Å². The number of ketones is 1. The van der Waals surface area contributed by atoms with Crippen LogP contribution in [0.15, 0.2) is 47.4 Å². The Bertz CT molecular complexity index is 745. The highest BCUT2D eigenvalue weighted by atomic mass is 19.1. The van der Waals surface area contributed by atoms with Gasteiger partial charge in [-0.25, -0.2) is 4.39 Å². The van der Waals surface area contributed by atoms with Crippen LogP contribution < -0.4 is 5.43 Å². The van der Waals surface area contributed by atoms with Gasteiger partial charge in [-0.15, -0.1) is 0 Å². The molecule has 0 saturated heterocycles. The number of aromatic hydroxyl groups is 1. The van der Waals surface area contributed by atoms with Gasteiger partial charge in [0.25, 0.3) is 0 Å². The van der Waals surface area contributed by atoms with E-state index in [2.05, 4.69) is 0 Å². The first kappa shape index (κ1) is 14.7. The number of rotatable bonds is 4. The number of aryl methyl sites for hydroxylation is 1. The summed E-state index contributed by atoms with van der Waals surface area (Å²) in [6.07, 6.45) is 4.13. The van der Waals surface area contributed by atoms with E-state index < -0.39 is 11.2 Å². The number of hydrogen-bond donors (Lipinski definition) is 1. The van der Waals surface area contributed by atoms with E-state index in [9.17, 15) is 19.1 Å². The average Bonchev–Trinajstić information content (AvgIpc) is 2.48. The minimum Gasteiger partial charge on any atom is -0.503 e. The first-order valence-electron chi connectivity index (χ1n) is 6.42. The van der Waals surface area contributed by atoms with Crippen LogP contribution in [0.2, 0.25) is 0 Å². The van der Waals surface area contributed by atoms with Gasteiger partial charge in [-0.1, -0.05) is 0 Å². The molecule has 1 aromatic heterocycles. The van der Waals surface area contributed by atoms with E-state index in [1.54, 1.807) is 4.57 Å². The van der Waals surface area contributed by atoms with Gasteiger partial charge in [-0.05, 0) is 43.3 Å². The lowest BCUT2D eigenvalue weighted by Crippen LogP contribution is -2.08. The van der Waals surface area contributed by atoms with Gasteiger partial charge in [0.1, 0.15) is 5.82 Å². The molecule has 2 aromatic rings. The summed E-state index contributed by atoms with van der Waals surface area (Å²) in [7, 11) is 0. The van der Waals surface area contributed by atoms with Crippen LogP contribution in [0, 0.1) is 5.82 Å². The van der Waals surface area contributed by atoms with Crippen molar-refractivity contribution in [2.45, 2.75) is 13.5 Å². The molecule has 5 heteroatoms. The highest BCUT2D eigenvalue weighted by Crippen LogP contribution is 2.09. The number of hydrogen-bond acceptors (Lipinski definition) is 3. The third kappa shape index (κ3) is 3.45. The molecule has 108 valence electrons. The quantitative estimate of drug-likeness (QED) is 0.694.